The largest absolute Gasteiger partial charge is 0.465 e. The number of nitrogens with two attached hydrogens (primary N) is 1. The summed E-state index contributed by atoms with van der Waals surface area (Å²) in [6.45, 7) is 2.21. The fourth-order valence-corrected chi connectivity index (χ4v) is 6.07. The Bertz CT molecular complexity index is 1740. The predicted octanol–water partition coefficient (Wildman–Crippen LogP) is 2.35. The number of esters is 1. The van der Waals surface area contributed by atoms with Crippen molar-refractivity contribution in [3.8, 4) is 0 Å². The molecule has 4 N–H and O–H groups in total. The number of aromatic nitrogens is 2. The highest BCUT2D eigenvalue weighted by Crippen LogP contribution is 2.28. The molecule has 0 aliphatic carbocycles. The number of likely N-dealkylation sites (N-methyl/N-ethyl adjacent to an activating group) is 1. The van der Waals surface area contributed by atoms with E-state index in [0.717, 1.165) is 5.56 Å². The Morgan fingerprint density at radius 2 is 1.73 bits per heavy atom. The molecule has 44 heavy (non-hydrogen) atoms. The second-order valence-electron chi connectivity index (χ2n) is 10.3. The number of rotatable bonds is 14. The second-order valence-corrected chi connectivity index (χ2v) is 12.2. The summed E-state index contributed by atoms with van der Waals surface area (Å²) < 4.78 is 35.5. The summed E-state index contributed by atoms with van der Waals surface area (Å²) in [6, 6.07) is 20.6. The molecular formula is C31H37N7O5S. The molecule has 4 aromatic rings. The molecule has 1 heterocycles. The van der Waals surface area contributed by atoms with Gasteiger partial charge in [0.1, 0.15) is 24.7 Å². The third kappa shape index (κ3) is 7.79. The highest BCUT2D eigenvalue weighted by molar-refractivity contribution is 7.92. The van der Waals surface area contributed by atoms with Crippen molar-refractivity contribution in [3.63, 3.8) is 0 Å². The first kappa shape index (κ1) is 32.2. The number of sulfonamides is 1. The number of hydrogen-bond acceptors (Lipinski definition) is 8. The molecule has 232 valence electrons. The van der Waals surface area contributed by atoms with E-state index in [-0.39, 0.29) is 37.0 Å². The zero-order valence-electron chi connectivity index (χ0n) is 25.0. The average molecular weight is 620 g/mol. The minimum Gasteiger partial charge on any atom is -0.465 e. The third-order valence-electron chi connectivity index (χ3n) is 6.84. The van der Waals surface area contributed by atoms with E-state index < -0.39 is 21.9 Å². The number of nitrogens with one attached hydrogen (secondary N) is 2. The van der Waals surface area contributed by atoms with Gasteiger partial charge in [-0.25, -0.2) is 13.4 Å². The average Bonchev–Trinajstić information content (AvgIpc) is 3.32. The third-order valence-corrected chi connectivity index (χ3v) is 8.69. The number of nitrogens with zero attached hydrogens (tertiary/aromatic N) is 4. The Morgan fingerprint density at radius 1 is 1.02 bits per heavy atom. The Kier molecular flexibility index (Phi) is 10.3. The number of amides is 1. The summed E-state index contributed by atoms with van der Waals surface area (Å²) in [4.78, 5) is 31.6. The molecule has 0 saturated carbocycles. The van der Waals surface area contributed by atoms with E-state index in [2.05, 4.69) is 5.32 Å². The van der Waals surface area contributed by atoms with Gasteiger partial charge in [0.25, 0.3) is 10.0 Å². The number of amidine groups is 1. The van der Waals surface area contributed by atoms with E-state index in [1.54, 1.807) is 72.2 Å². The number of carbonyl (C=O) groups is 2. The normalized spacial score (nSPS) is 11.5. The SMILES string of the molecule is CCOC(=O)CNC(=O)Cn1c(Cc2ccc(C(=N)N)cc2)nc2cc(N(CCN(C)C)S(=O)(=O)c3ccccc3)ccc21. The van der Waals surface area contributed by atoms with Crippen molar-refractivity contribution in [2.24, 2.45) is 5.73 Å². The summed E-state index contributed by atoms with van der Waals surface area (Å²) in [5.74, 6) is -0.429. The molecule has 0 spiro atoms. The monoisotopic (exact) mass is 619 g/mol. The number of fused-ring (bicyclic) bond motifs is 1. The van der Waals surface area contributed by atoms with Crippen molar-refractivity contribution < 1.29 is 22.7 Å². The van der Waals surface area contributed by atoms with Gasteiger partial charge in [0.15, 0.2) is 0 Å². The van der Waals surface area contributed by atoms with E-state index in [1.807, 2.05) is 31.1 Å². The van der Waals surface area contributed by atoms with Crippen LogP contribution in [-0.2, 0) is 37.3 Å². The number of benzene rings is 3. The van der Waals surface area contributed by atoms with Gasteiger partial charge < -0.3 is 25.3 Å². The molecule has 0 unspecified atom stereocenters. The molecule has 0 radical (unpaired) electrons. The molecule has 0 fully saturated rings. The van der Waals surface area contributed by atoms with E-state index in [1.165, 1.54) is 4.31 Å². The molecule has 3 aromatic carbocycles. The van der Waals surface area contributed by atoms with Crippen molar-refractivity contribution in [2.45, 2.75) is 24.8 Å². The smallest absolute Gasteiger partial charge is 0.325 e. The molecule has 12 nitrogen and oxygen atoms in total. The van der Waals surface area contributed by atoms with Gasteiger partial charge in [-0.05, 0) is 56.9 Å². The lowest BCUT2D eigenvalue weighted by atomic mass is 10.1. The van der Waals surface area contributed by atoms with E-state index in [9.17, 15) is 18.0 Å². The van der Waals surface area contributed by atoms with Gasteiger partial charge in [-0.3, -0.25) is 19.3 Å². The number of nitrogen functional groups attached to an aromatic ring is 1. The van der Waals surface area contributed by atoms with Crippen LogP contribution in [-0.4, -0.2) is 80.9 Å². The highest BCUT2D eigenvalue weighted by Gasteiger charge is 2.26. The Hall–Kier alpha value is -4.75. The van der Waals surface area contributed by atoms with Crippen LogP contribution in [0.15, 0.2) is 77.7 Å². The van der Waals surface area contributed by atoms with E-state index >= 15 is 0 Å². The number of imidazole rings is 1. The molecule has 13 heteroatoms. The molecule has 0 saturated heterocycles. The molecular weight excluding hydrogens is 582 g/mol. The fraction of sp³-hybridized carbons (Fsp3) is 0.290. The first-order chi connectivity index (χ1) is 21.0. The first-order valence-electron chi connectivity index (χ1n) is 14.1. The van der Waals surface area contributed by atoms with Crippen molar-refractivity contribution >= 4 is 44.5 Å². The summed E-state index contributed by atoms with van der Waals surface area (Å²) in [7, 11) is -0.133. The Morgan fingerprint density at radius 3 is 2.36 bits per heavy atom. The molecule has 0 atom stereocenters. The maximum absolute atomic E-state index is 13.8. The predicted molar refractivity (Wildman–Crippen MR) is 169 cm³/mol. The van der Waals surface area contributed by atoms with Crippen molar-refractivity contribution in [1.29, 1.82) is 5.41 Å². The summed E-state index contributed by atoms with van der Waals surface area (Å²) in [5.41, 5.74) is 8.63. The lowest BCUT2D eigenvalue weighted by molar-refractivity contribution is -0.143. The number of carbonyl (C=O) groups excluding carboxylic acids is 2. The van der Waals surface area contributed by atoms with Crippen LogP contribution >= 0.6 is 0 Å². The standard InChI is InChI=1S/C31H37N7O5S/c1-4-43-30(40)20-34-29(39)21-37-27-15-14-24(38(17-16-36(2)3)44(41,42)25-8-6-5-7-9-25)19-26(27)35-28(37)18-22-10-12-23(13-11-22)31(32)33/h5-15,19H,4,16-18,20-21H2,1-3H3,(H3,32,33)(H,34,39). The van der Waals surface area contributed by atoms with Crippen molar-refractivity contribution in [1.82, 2.24) is 19.8 Å². The zero-order chi connectivity index (χ0) is 31.9. The van der Waals surface area contributed by atoms with Crippen molar-refractivity contribution in [3.05, 3.63) is 89.7 Å². The lowest BCUT2D eigenvalue weighted by Crippen LogP contribution is -2.36. The molecule has 0 aliphatic rings. The number of anilines is 1. The second kappa shape index (κ2) is 14.1. The number of ether oxygens (including phenoxy) is 1. The minimum atomic E-state index is -3.88. The van der Waals surface area contributed by atoms with Crippen LogP contribution in [0.25, 0.3) is 11.0 Å². The lowest BCUT2D eigenvalue weighted by Gasteiger charge is -2.26. The molecule has 1 aromatic heterocycles. The van der Waals surface area contributed by atoms with Gasteiger partial charge in [0.05, 0.1) is 28.2 Å². The van der Waals surface area contributed by atoms with Gasteiger partial charge >= 0.3 is 5.97 Å². The fourth-order valence-electron chi connectivity index (χ4n) is 4.60. The van der Waals surface area contributed by atoms with Crippen LogP contribution in [0.2, 0.25) is 0 Å². The molecule has 4 rings (SSSR count). The van der Waals surface area contributed by atoms with Crippen LogP contribution in [0.1, 0.15) is 23.9 Å². The molecule has 0 bridgehead atoms. The zero-order valence-corrected chi connectivity index (χ0v) is 25.8. The quantitative estimate of drug-likeness (QED) is 0.110. The number of hydrogen-bond donors (Lipinski definition) is 3. The summed E-state index contributed by atoms with van der Waals surface area (Å²) in [6.07, 6.45) is 0.347. The topological polar surface area (TPSA) is 164 Å². The van der Waals surface area contributed by atoms with Crippen LogP contribution in [0.3, 0.4) is 0 Å². The van der Waals surface area contributed by atoms with Gasteiger partial charge in [0.2, 0.25) is 5.91 Å². The molecule has 1 amide bonds. The van der Waals surface area contributed by atoms with Gasteiger partial charge in [-0.2, -0.15) is 0 Å². The Balaban J connectivity index is 1.74. The van der Waals surface area contributed by atoms with Crippen LogP contribution in [0, 0.1) is 5.41 Å². The van der Waals surface area contributed by atoms with Crippen LogP contribution in [0.4, 0.5) is 5.69 Å². The summed E-state index contributed by atoms with van der Waals surface area (Å²) in [5, 5.41) is 10.2. The maximum atomic E-state index is 13.8. The minimum absolute atomic E-state index is 0.0427. The Labute approximate surface area is 257 Å². The van der Waals surface area contributed by atoms with Gasteiger partial charge in [-0.15, -0.1) is 0 Å². The summed E-state index contributed by atoms with van der Waals surface area (Å²) >= 11 is 0. The highest BCUT2D eigenvalue weighted by atomic mass is 32.2. The first-order valence-corrected chi connectivity index (χ1v) is 15.5. The van der Waals surface area contributed by atoms with Crippen LogP contribution in [0.5, 0.6) is 0 Å². The molecule has 0 aliphatic heterocycles. The van der Waals surface area contributed by atoms with E-state index in [4.69, 9.17) is 20.9 Å². The van der Waals surface area contributed by atoms with Crippen molar-refractivity contribution in [2.75, 3.05) is 44.6 Å². The van der Waals surface area contributed by atoms with Crippen LogP contribution < -0.4 is 15.4 Å². The maximum Gasteiger partial charge on any atom is 0.325 e. The van der Waals surface area contributed by atoms with E-state index in [0.29, 0.717) is 41.1 Å². The van der Waals surface area contributed by atoms with Gasteiger partial charge in [0, 0.05) is 25.1 Å². The van der Waals surface area contributed by atoms with Gasteiger partial charge in [-0.1, -0.05) is 42.5 Å².